The highest BCUT2D eigenvalue weighted by Gasteiger charge is 2.31. The van der Waals surface area contributed by atoms with Gasteiger partial charge in [-0.15, -0.1) is 0 Å². The first-order valence-corrected chi connectivity index (χ1v) is 7.87. The Balaban J connectivity index is 1.94. The molecule has 0 radical (unpaired) electrons. The largest absolute Gasteiger partial charge is 0.481 e. The number of halogens is 1. The lowest BCUT2D eigenvalue weighted by Crippen LogP contribution is -2.50. The number of benzene rings is 1. The van der Waals surface area contributed by atoms with E-state index in [0.29, 0.717) is 10.8 Å². The Kier molecular flexibility index (Phi) is 5.66. The summed E-state index contributed by atoms with van der Waals surface area (Å²) >= 11 is 5.89. The summed E-state index contributed by atoms with van der Waals surface area (Å²) in [5, 5.41) is 3.43. The van der Waals surface area contributed by atoms with Crippen molar-refractivity contribution < 1.29 is 14.3 Å². The SMILES string of the molecule is CC(Oc1cccc(Cl)c1)C(=O)NC1CCCCC1C(N)=O. The van der Waals surface area contributed by atoms with Crippen LogP contribution in [0.1, 0.15) is 32.6 Å². The fourth-order valence-electron chi connectivity index (χ4n) is 2.74. The van der Waals surface area contributed by atoms with E-state index in [4.69, 9.17) is 22.1 Å². The molecule has 1 saturated carbocycles. The number of primary amides is 1. The average molecular weight is 325 g/mol. The predicted molar refractivity (Wildman–Crippen MR) is 84.6 cm³/mol. The number of nitrogens with two attached hydrogens (primary N) is 1. The summed E-state index contributed by atoms with van der Waals surface area (Å²) in [5.74, 6) is -0.368. The first-order chi connectivity index (χ1) is 10.5. The Morgan fingerprint density at radius 2 is 2.09 bits per heavy atom. The van der Waals surface area contributed by atoms with Gasteiger partial charge in [-0.3, -0.25) is 9.59 Å². The highest BCUT2D eigenvalue weighted by molar-refractivity contribution is 6.30. The highest BCUT2D eigenvalue weighted by Crippen LogP contribution is 2.24. The van der Waals surface area contributed by atoms with E-state index >= 15 is 0 Å². The second-order valence-corrected chi connectivity index (χ2v) is 6.06. The number of hydrogen-bond donors (Lipinski definition) is 2. The van der Waals surface area contributed by atoms with Crippen LogP contribution in [0.5, 0.6) is 5.75 Å². The smallest absolute Gasteiger partial charge is 0.261 e. The molecule has 5 nitrogen and oxygen atoms in total. The van der Waals surface area contributed by atoms with Crippen LogP contribution >= 0.6 is 11.6 Å². The molecule has 0 aliphatic heterocycles. The number of ether oxygens (including phenoxy) is 1. The van der Waals surface area contributed by atoms with Gasteiger partial charge in [0.25, 0.3) is 5.91 Å². The molecule has 3 atom stereocenters. The molecule has 1 aliphatic rings. The number of nitrogens with one attached hydrogen (secondary N) is 1. The first kappa shape index (κ1) is 16.6. The summed E-state index contributed by atoms with van der Waals surface area (Å²) in [6, 6.07) is 6.68. The Morgan fingerprint density at radius 1 is 1.36 bits per heavy atom. The van der Waals surface area contributed by atoms with Crippen LogP contribution in [0, 0.1) is 5.92 Å². The van der Waals surface area contributed by atoms with Crippen molar-refractivity contribution in [2.75, 3.05) is 0 Å². The van der Waals surface area contributed by atoms with E-state index in [0.717, 1.165) is 25.7 Å². The Bertz CT molecular complexity index is 550. The van der Waals surface area contributed by atoms with Crippen LogP contribution in [-0.2, 0) is 9.59 Å². The number of rotatable bonds is 5. The van der Waals surface area contributed by atoms with Gasteiger partial charge in [-0.25, -0.2) is 0 Å². The number of carbonyl (C=O) groups excluding carboxylic acids is 2. The molecule has 0 spiro atoms. The van der Waals surface area contributed by atoms with Crippen LogP contribution in [0.2, 0.25) is 5.02 Å². The molecule has 0 aromatic heterocycles. The van der Waals surface area contributed by atoms with Crippen molar-refractivity contribution in [1.82, 2.24) is 5.32 Å². The van der Waals surface area contributed by atoms with Crippen molar-refractivity contribution in [2.24, 2.45) is 11.7 Å². The number of hydrogen-bond acceptors (Lipinski definition) is 3. The molecule has 2 amide bonds. The summed E-state index contributed by atoms with van der Waals surface area (Å²) in [6.07, 6.45) is 2.77. The first-order valence-electron chi connectivity index (χ1n) is 7.49. The maximum absolute atomic E-state index is 12.2. The minimum Gasteiger partial charge on any atom is -0.481 e. The van der Waals surface area contributed by atoms with Crippen molar-refractivity contribution in [2.45, 2.75) is 44.8 Å². The molecule has 1 aliphatic carbocycles. The second kappa shape index (κ2) is 7.49. The second-order valence-electron chi connectivity index (χ2n) is 5.63. The lowest BCUT2D eigenvalue weighted by atomic mass is 9.84. The molecule has 1 aromatic carbocycles. The van der Waals surface area contributed by atoms with Gasteiger partial charge < -0.3 is 15.8 Å². The third kappa shape index (κ3) is 4.37. The van der Waals surface area contributed by atoms with Gasteiger partial charge in [0.05, 0.1) is 5.92 Å². The average Bonchev–Trinajstić information content (AvgIpc) is 2.47. The van der Waals surface area contributed by atoms with Crippen molar-refractivity contribution >= 4 is 23.4 Å². The molecule has 3 unspecified atom stereocenters. The van der Waals surface area contributed by atoms with Crippen molar-refractivity contribution in [3.8, 4) is 5.75 Å². The molecule has 6 heteroatoms. The molecule has 0 heterocycles. The summed E-state index contributed by atoms with van der Waals surface area (Å²) < 4.78 is 5.58. The van der Waals surface area contributed by atoms with Crippen molar-refractivity contribution in [3.05, 3.63) is 29.3 Å². The fraction of sp³-hybridized carbons (Fsp3) is 0.500. The lowest BCUT2D eigenvalue weighted by Gasteiger charge is -2.30. The van der Waals surface area contributed by atoms with Crippen LogP contribution in [0.3, 0.4) is 0 Å². The van der Waals surface area contributed by atoms with Gasteiger partial charge in [-0.1, -0.05) is 30.5 Å². The standard InChI is InChI=1S/C16H21ClN2O3/c1-10(22-12-6-4-5-11(17)9-12)16(21)19-14-8-3-2-7-13(14)15(18)20/h4-6,9-10,13-14H,2-3,7-8H2,1H3,(H2,18,20)(H,19,21). The monoisotopic (exact) mass is 324 g/mol. The van der Waals surface area contributed by atoms with Crippen LogP contribution < -0.4 is 15.8 Å². The molecule has 1 fully saturated rings. The molecule has 3 N–H and O–H groups in total. The Morgan fingerprint density at radius 3 is 2.77 bits per heavy atom. The van der Waals surface area contributed by atoms with E-state index in [-0.39, 0.29) is 23.8 Å². The maximum Gasteiger partial charge on any atom is 0.261 e. The van der Waals surface area contributed by atoms with Crippen LogP contribution in [0.4, 0.5) is 0 Å². The Hall–Kier alpha value is -1.75. The zero-order valence-corrected chi connectivity index (χ0v) is 13.3. The summed E-state index contributed by atoms with van der Waals surface area (Å²) in [4.78, 5) is 23.7. The van der Waals surface area contributed by atoms with Crippen molar-refractivity contribution in [3.63, 3.8) is 0 Å². The third-order valence-electron chi connectivity index (χ3n) is 3.94. The molecular weight excluding hydrogens is 304 g/mol. The van der Waals surface area contributed by atoms with Gasteiger partial charge in [-0.05, 0) is 38.0 Å². The van der Waals surface area contributed by atoms with Crippen LogP contribution in [0.25, 0.3) is 0 Å². The minimum atomic E-state index is -0.672. The van der Waals surface area contributed by atoms with Gasteiger partial charge in [0.2, 0.25) is 5.91 Å². The molecule has 2 rings (SSSR count). The van der Waals surface area contributed by atoms with Crippen LogP contribution in [0.15, 0.2) is 24.3 Å². The molecule has 0 saturated heterocycles. The van der Waals surface area contributed by atoms with E-state index in [1.165, 1.54) is 0 Å². The summed E-state index contributed by atoms with van der Waals surface area (Å²) in [7, 11) is 0. The van der Waals surface area contributed by atoms with Crippen LogP contribution in [-0.4, -0.2) is 24.0 Å². The van der Waals surface area contributed by atoms with Crippen molar-refractivity contribution in [1.29, 1.82) is 0 Å². The maximum atomic E-state index is 12.2. The van der Waals surface area contributed by atoms with Gasteiger partial charge in [0.15, 0.2) is 6.10 Å². The highest BCUT2D eigenvalue weighted by atomic mass is 35.5. The number of carbonyl (C=O) groups is 2. The van der Waals surface area contributed by atoms with E-state index < -0.39 is 6.10 Å². The summed E-state index contributed by atoms with van der Waals surface area (Å²) in [6.45, 7) is 1.67. The predicted octanol–water partition coefficient (Wildman–Crippen LogP) is 2.27. The van der Waals surface area contributed by atoms with Gasteiger partial charge in [-0.2, -0.15) is 0 Å². The lowest BCUT2D eigenvalue weighted by molar-refractivity contribution is -0.130. The topological polar surface area (TPSA) is 81.4 Å². The normalized spacial score (nSPS) is 22.6. The van der Waals surface area contributed by atoms with Gasteiger partial charge >= 0.3 is 0 Å². The molecule has 0 bridgehead atoms. The van der Waals surface area contributed by atoms with E-state index in [9.17, 15) is 9.59 Å². The van der Waals surface area contributed by atoms with E-state index in [1.807, 2.05) is 0 Å². The zero-order chi connectivity index (χ0) is 16.1. The molecular formula is C16H21ClN2O3. The van der Waals surface area contributed by atoms with E-state index in [1.54, 1.807) is 31.2 Å². The number of amides is 2. The molecule has 120 valence electrons. The quantitative estimate of drug-likeness (QED) is 0.871. The Labute approximate surface area is 135 Å². The zero-order valence-electron chi connectivity index (χ0n) is 12.5. The van der Waals surface area contributed by atoms with E-state index in [2.05, 4.69) is 5.32 Å². The molecule has 1 aromatic rings. The van der Waals surface area contributed by atoms with Gasteiger partial charge in [0, 0.05) is 11.1 Å². The molecule has 22 heavy (non-hydrogen) atoms. The summed E-state index contributed by atoms with van der Waals surface area (Å²) in [5.41, 5.74) is 5.41. The fourth-order valence-corrected chi connectivity index (χ4v) is 2.92. The van der Waals surface area contributed by atoms with Gasteiger partial charge in [0.1, 0.15) is 5.75 Å². The third-order valence-corrected chi connectivity index (χ3v) is 4.17. The minimum absolute atomic E-state index is 0.204.